The maximum absolute atomic E-state index is 9.92. The Balaban J connectivity index is 4.32. The van der Waals surface area contributed by atoms with E-state index in [-0.39, 0.29) is 12.0 Å². The highest BCUT2D eigenvalue weighted by atomic mass is 16.3. The molecule has 0 aromatic heterocycles. The Hall–Kier alpha value is -0.0800. The van der Waals surface area contributed by atoms with Crippen molar-refractivity contribution in [2.75, 3.05) is 0 Å². The molecule has 0 aliphatic carbocycles. The fourth-order valence-corrected chi connectivity index (χ4v) is 1.67. The lowest BCUT2D eigenvalue weighted by molar-refractivity contribution is -0.0637. The lowest BCUT2D eigenvalue weighted by atomic mass is 9.80. The summed E-state index contributed by atoms with van der Waals surface area (Å²) in [5.74, 6) is 0.00694. The molecule has 0 saturated heterocycles. The van der Waals surface area contributed by atoms with Gasteiger partial charge in [-0.2, -0.15) is 0 Å². The first kappa shape index (κ1) is 11.9. The molecule has 74 valence electrons. The molecular formula is C10H22O2. The normalized spacial score (nSPS) is 21.5. The van der Waals surface area contributed by atoms with Gasteiger partial charge in [0, 0.05) is 5.92 Å². The van der Waals surface area contributed by atoms with Crippen molar-refractivity contribution < 1.29 is 10.2 Å². The van der Waals surface area contributed by atoms with Crippen molar-refractivity contribution in [3.8, 4) is 0 Å². The van der Waals surface area contributed by atoms with Crippen LogP contribution in [0.1, 0.15) is 47.0 Å². The largest absolute Gasteiger partial charge is 0.393 e. The summed E-state index contributed by atoms with van der Waals surface area (Å²) in [5.41, 5.74) is -0.718. The predicted molar refractivity (Wildman–Crippen MR) is 51.0 cm³/mol. The third kappa shape index (κ3) is 2.76. The minimum absolute atomic E-state index is 0.00694. The van der Waals surface area contributed by atoms with Gasteiger partial charge in [0.05, 0.1) is 11.7 Å². The van der Waals surface area contributed by atoms with Crippen LogP contribution < -0.4 is 0 Å². The number of rotatable bonds is 5. The second-order valence-electron chi connectivity index (χ2n) is 3.70. The molecule has 0 aliphatic rings. The van der Waals surface area contributed by atoms with Gasteiger partial charge in [0.25, 0.3) is 0 Å². The van der Waals surface area contributed by atoms with E-state index in [0.717, 1.165) is 6.42 Å². The van der Waals surface area contributed by atoms with Crippen LogP contribution in [0.5, 0.6) is 0 Å². The molecule has 0 heterocycles. The summed E-state index contributed by atoms with van der Waals surface area (Å²) in [5, 5.41) is 19.5. The molecule has 0 fully saturated rings. The number of aliphatic hydroxyl groups excluding tert-OH is 1. The number of hydrogen-bond donors (Lipinski definition) is 2. The van der Waals surface area contributed by atoms with Crippen molar-refractivity contribution in [1.29, 1.82) is 0 Å². The molecule has 0 aromatic carbocycles. The summed E-state index contributed by atoms with van der Waals surface area (Å²) < 4.78 is 0. The van der Waals surface area contributed by atoms with Crippen molar-refractivity contribution in [3.05, 3.63) is 0 Å². The lowest BCUT2D eigenvalue weighted by Gasteiger charge is -2.34. The van der Waals surface area contributed by atoms with Crippen molar-refractivity contribution in [3.63, 3.8) is 0 Å². The van der Waals surface area contributed by atoms with Crippen molar-refractivity contribution in [2.24, 2.45) is 5.92 Å². The average molecular weight is 174 g/mol. The summed E-state index contributed by atoms with van der Waals surface area (Å²) >= 11 is 0. The average Bonchev–Trinajstić information content (AvgIpc) is 2.05. The summed E-state index contributed by atoms with van der Waals surface area (Å²) in [7, 11) is 0. The molecule has 0 aliphatic heterocycles. The van der Waals surface area contributed by atoms with E-state index >= 15 is 0 Å². The summed E-state index contributed by atoms with van der Waals surface area (Å²) in [6, 6.07) is 0. The van der Waals surface area contributed by atoms with Crippen LogP contribution in [0, 0.1) is 5.92 Å². The molecule has 0 rings (SSSR count). The first-order chi connectivity index (χ1) is 5.49. The predicted octanol–water partition coefficient (Wildman–Crippen LogP) is 1.94. The SMILES string of the molecule is CCC(O)C(CC)C(C)(O)CC. The van der Waals surface area contributed by atoms with Gasteiger partial charge in [-0.25, -0.2) is 0 Å². The van der Waals surface area contributed by atoms with Gasteiger partial charge in [0.15, 0.2) is 0 Å². The quantitative estimate of drug-likeness (QED) is 0.668. The minimum Gasteiger partial charge on any atom is -0.393 e. The van der Waals surface area contributed by atoms with E-state index in [1.54, 1.807) is 6.92 Å². The summed E-state index contributed by atoms with van der Waals surface area (Å²) in [6.45, 7) is 7.71. The van der Waals surface area contributed by atoms with E-state index < -0.39 is 5.60 Å². The molecule has 2 N–H and O–H groups in total. The van der Waals surface area contributed by atoms with Gasteiger partial charge in [-0.3, -0.25) is 0 Å². The summed E-state index contributed by atoms with van der Waals surface area (Å²) in [6.07, 6.45) is 1.87. The molecular weight excluding hydrogens is 152 g/mol. The topological polar surface area (TPSA) is 40.5 Å². The maximum atomic E-state index is 9.92. The van der Waals surface area contributed by atoms with Gasteiger partial charge >= 0.3 is 0 Å². The van der Waals surface area contributed by atoms with Crippen LogP contribution in [0.15, 0.2) is 0 Å². The van der Waals surface area contributed by atoms with Gasteiger partial charge in [-0.1, -0.05) is 20.8 Å². The first-order valence-electron chi connectivity index (χ1n) is 4.90. The molecule has 0 spiro atoms. The zero-order valence-electron chi connectivity index (χ0n) is 8.67. The lowest BCUT2D eigenvalue weighted by Crippen LogP contribution is -2.40. The van der Waals surface area contributed by atoms with Crippen LogP contribution in [0.3, 0.4) is 0 Å². The standard InChI is InChI=1S/C10H22O2/c1-5-8(9(11)6-2)10(4,12)7-3/h8-9,11-12H,5-7H2,1-4H3. The molecule has 0 amide bonds. The molecule has 2 nitrogen and oxygen atoms in total. The Bertz CT molecular complexity index is 121. The van der Waals surface area contributed by atoms with E-state index in [1.807, 2.05) is 20.8 Å². The molecule has 3 atom stereocenters. The first-order valence-corrected chi connectivity index (χ1v) is 4.90. The van der Waals surface area contributed by atoms with Gasteiger partial charge in [-0.15, -0.1) is 0 Å². The van der Waals surface area contributed by atoms with E-state index in [0.29, 0.717) is 12.8 Å². The van der Waals surface area contributed by atoms with Crippen LogP contribution in [-0.2, 0) is 0 Å². The number of aliphatic hydroxyl groups is 2. The Kier molecular flexibility index (Phi) is 4.80. The van der Waals surface area contributed by atoms with E-state index in [1.165, 1.54) is 0 Å². The van der Waals surface area contributed by atoms with Gasteiger partial charge in [-0.05, 0) is 26.2 Å². The molecule has 0 saturated carbocycles. The second kappa shape index (κ2) is 4.83. The van der Waals surface area contributed by atoms with Crippen molar-refractivity contribution >= 4 is 0 Å². The van der Waals surface area contributed by atoms with Gasteiger partial charge in [0.1, 0.15) is 0 Å². The molecule has 2 heteroatoms. The smallest absolute Gasteiger partial charge is 0.0669 e. The van der Waals surface area contributed by atoms with E-state index in [9.17, 15) is 10.2 Å². The second-order valence-corrected chi connectivity index (χ2v) is 3.70. The minimum atomic E-state index is -0.718. The van der Waals surface area contributed by atoms with E-state index in [4.69, 9.17) is 0 Å². The Morgan fingerprint density at radius 2 is 1.67 bits per heavy atom. The fraction of sp³-hybridized carbons (Fsp3) is 1.00. The van der Waals surface area contributed by atoms with Crippen LogP contribution in [0.25, 0.3) is 0 Å². The highest BCUT2D eigenvalue weighted by Gasteiger charge is 2.32. The Morgan fingerprint density at radius 1 is 1.17 bits per heavy atom. The fourth-order valence-electron chi connectivity index (χ4n) is 1.67. The van der Waals surface area contributed by atoms with Crippen molar-refractivity contribution in [2.45, 2.75) is 58.7 Å². The monoisotopic (exact) mass is 174 g/mol. The molecule has 3 unspecified atom stereocenters. The molecule has 0 aromatic rings. The third-order valence-electron chi connectivity index (χ3n) is 2.84. The third-order valence-corrected chi connectivity index (χ3v) is 2.84. The summed E-state index contributed by atoms with van der Waals surface area (Å²) in [4.78, 5) is 0. The zero-order chi connectivity index (χ0) is 9.78. The van der Waals surface area contributed by atoms with Gasteiger partial charge < -0.3 is 10.2 Å². The van der Waals surface area contributed by atoms with Crippen LogP contribution >= 0.6 is 0 Å². The Labute approximate surface area is 75.6 Å². The Morgan fingerprint density at radius 3 is 1.92 bits per heavy atom. The molecule has 12 heavy (non-hydrogen) atoms. The van der Waals surface area contributed by atoms with Crippen LogP contribution in [-0.4, -0.2) is 21.9 Å². The number of hydrogen-bond acceptors (Lipinski definition) is 2. The van der Waals surface area contributed by atoms with Crippen LogP contribution in [0.4, 0.5) is 0 Å². The van der Waals surface area contributed by atoms with Gasteiger partial charge in [0.2, 0.25) is 0 Å². The maximum Gasteiger partial charge on any atom is 0.0669 e. The van der Waals surface area contributed by atoms with Crippen molar-refractivity contribution in [1.82, 2.24) is 0 Å². The van der Waals surface area contributed by atoms with Crippen LogP contribution in [0.2, 0.25) is 0 Å². The van der Waals surface area contributed by atoms with E-state index in [2.05, 4.69) is 0 Å². The molecule has 0 radical (unpaired) electrons. The molecule has 0 bridgehead atoms. The highest BCUT2D eigenvalue weighted by molar-refractivity contribution is 4.84. The zero-order valence-corrected chi connectivity index (χ0v) is 8.67. The highest BCUT2D eigenvalue weighted by Crippen LogP contribution is 2.28.